The lowest BCUT2D eigenvalue weighted by molar-refractivity contribution is 0.0649. The van der Waals surface area contributed by atoms with E-state index >= 15 is 0 Å². The van der Waals surface area contributed by atoms with Gasteiger partial charge in [-0.25, -0.2) is 9.59 Å². The average Bonchev–Trinajstić information content (AvgIpc) is 2.35. The molecule has 0 heterocycles. The van der Waals surface area contributed by atoms with Crippen molar-refractivity contribution in [3.05, 3.63) is 46.5 Å². The normalized spacial score (nSPS) is 11.8. The van der Waals surface area contributed by atoms with Crippen molar-refractivity contribution in [2.45, 2.75) is 20.0 Å². The molecule has 0 fully saturated rings. The summed E-state index contributed by atoms with van der Waals surface area (Å²) in [5, 5.41) is 27.9. The first-order valence-electron chi connectivity index (χ1n) is 5.70. The van der Waals surface area contributed by atoms with Crippen molar-refractivity contribution in [1.29, 1.82) is 0 Å². The van der Waals surface area contributed by atoms with E-state index in [4.69, 9.17) is 5.11 Å². The summed E-state index contributed by atoms with van der Waals surface area (Å²) in [6.45, 7) is 6.18. The van der Waals surface area contributed by atoms with Crippen LogP contribution < -0.4 is 0 Å². The molecule has 106 valence electrons. The maximum Gasteiger partial charge on any atom is 0.337 e. The first-order valence-corrected chi connectivity index (χ1v) is 5.70. The molecule has 1 aromatic carbocycles. The van der Waals surface area contributed by atoms with Crippen molar-refractivity contribution in [2.24, 2.45) is 0 Å². The van der Waals surface area contributed by atoms with Crippen LogP contribution in [0.3, 0.4) is 0 Å². The highest BCUT2D eigenvalue weighted by Crippen LogP contribution is 2.27. The highest BCUT2D eigenvalue weighted by atomic mass is 16.4. The molecule has 3 N–H and O–H groups in total. The molecule has 1 rings (SSSR count). The minimum Gasteiger partial charge on any atom is -0.478 e. The third-order valence-electron chi connectivity index (χ3n) is 2.75. The summed E-state index contributed by atoms with van der Waals surface area (Å²) in [6.07, 6.45) is -1.12. The number of Topliss-reactive ketones (excluding diaryl/α,β-unsaturated/α-hetero) is 1. The lowest BCUT2D eigenvalue weighted by Crippen LogP contribution is -2.18. The number of benzene rings is 1. The number of aliphatic hydroxyl groups is 1. The first kappa shape index (κ1) is 15.6. The number of rotatable bonds is 5. The molecule has 0 aliphatic carbocycles. The molecule has 0 saturated heterocycles. The van der Waals surface area contributed by atoms with Crippen LogP contribution in [0.2, 0.25) is 0 Å². The van der Waals surface area contributed by atoms with Crippen LogP contribution in [-0.4, -0.2) is 33.0 Å². The Kier molecular flexibility index (Phi) is 4.41. The van der Waals surface area contributed by atoms with Gasteiger partial charge in [0.1, 0.15) is 0 Å². The summed E-state index contributed by atoms with van der Waals surface area (Å²) in [7, 11) is 0. The first-order chi connectivity index (χ1) is 9.18. The van der Waals surface area contributed by atoms with Gasteiger partial charge >= 0.3 is 11.9 Å². The van der Waals surface area contributed by atoms with E-state index in [9.17, 15) is 24.6 Å². The van der Waals surface area contributed by atoms with Gasteiger partial charge in [-0.1, -0.05) is 12.6 Å². The number of hydrogen-bond donors (Lipinski definition) is 3. The van der Waals surface area contributed by atoms with Gasteiger partial charge in [-0.15, -0.1) is 0 Å². The van der Waals surface area contributed by atoms with Crippen molar-refractivity contribution in [3.8, 4) is 0 Å². The Morgan fingerprint density at radius 2 is 1.65 bits per heavy atom. The monoisotopic (exact) mass is 278 g/mol. The Bertz CT molecular complexity index is 612. The molecule has 1 atom stereocenters. The Hall–Kier alpha value is -2.47. The molecule has 20 heavy (non-hydrogen) atoms. The van der Waals surface area contributed by atoms with Gasteiger partial charge in [-0.05, 0) is 31.1 Å². The minimum atomic E-state index is -1.55. The van der Waals surface area contributed by atoms with E-state index in [1.807, 2.05) is 0 Å². The number of carboxylic acid groups (broad SMARTS) is 2. The topological polar surface area (TPSA) is 112 Å². The fourth-order valence-corrected chi connectivity index (χ4v) is 1.83. The molecule has 6 nitrogen and oxygen atoms in total. The standard InChI is InChI=1S/C14H14O6/c1-6(2)12(16)10-8(7(3)15)4-5-9(13(17)18)11(10)14(19)20/h4-5,7,15H,1H2,2-3H3,(H,17,18)(H,19,20). The maximum absolute atomic E-state index is 12.1. The second-order valence-electron chi connectivity index (χ2n) is 4.35. The predicted molar refractivity (Wildman–Crippen MR) is 70.1 cm³/mol. The molecule has 1 aromatic rings. The molecule has 1 unspecified atom stereocenters. The molecule has 0 spiro atoms. The minimum absolute atomic E-state index is 0.0527. The molecular weight excluding hydrogens is 264 g/mol. The molecule has 0 saturated carbocycles. The van der Waals surface area contributed by atoms with Crippen molar-refractivity contribution < 1.29 is 29.7 Å². The molecule has 0 aliphatic heterocycles. The molecule has 0 radical (unpaired) electrons. The van der Waals surface area contributed by atoms with E-state index in [0.29, 0.717) is 0 Å². The second kappa shape index (κ2) is 5.66. The van der Waals surface area contributed by atoms with Crippen LogP contribution in [0.1, 0.15) is 56.6 Å². The summed E-state index contributed by atoms with van der Waals surface area (Å²) in [6, 6.07) is 2.29. The Morgan fingerprint density at radius 1 is 1.10 bits per heavy atom. The Labute approximate surface area is 115 Å². The van der Waals surface area contributed by atoms with Crippen molar-refractivity contribution in [3.63, 3.8) is 0 Å². The quantitative estimate of drug-likeness (QED) is 0.560. The SMILES string of the molecule is C=C(C)C(=O)c1c(C(C)O)ccc(C(=O)O)c1C(=O)O. The van der Waals surface area contributed by atoms with Crippen LogP contribution in [0, 0.1) is 0 Å². The Balaban J connectivity index is 3.84. The number of ketones is 1. The van der Waals surface area contributed by atoms with E-state index in [2.05, 4.69) is 6.58 Å². The predicted octanol–water partition coefficient (Wildman–Crippen LogP) is 1.90. The van der Waals surface area contributed by atoms with Crippen LogP contribution in [0.5, 0.6) is 0 Å². The number of allylic oxidation sites excluding steroid dienone is 1. The van der Waals surface area contributed by atoms with Gasteiger partial charge in [0.2, 0.25) is 0 Å². The van der Waals surface area contributed by atoms with E-state index in [1.54, 1.807) is 0 Å². The van der Waals surface area contributed by atoms with Gasteiger partial charge in [-0.2, -0.15) is 0 Å². The zero-order chi connectivity index (χ0) is 15.6. The largest absolute Gasteiger partial charge is 0.478 e. The third-order valence-corrected chi connectivity index (χ3v) is 2.75. The summed E-state index contributed by atoms with van der Waals surface area (Å²) in [4.78, 5) is 34.5. The van der Waals surface area contributed by atoms with Crippen LogP contribution in [0.4, 0.5) is 0 Å². The van der Waals surface area contributed by atoms with Gasteiger partial charge in [0.25, 0.3) is 0 Å². The van der Waals surface area contributed by atoms with Crippen molar-refractivity contribution in [1.82, 2.24) is 0 Å². The number of aromatic carboxylic acids is 2. The smallest absolute Gasteiger partial charge is 0.337 e. The highest BCUT2D eigenvalue weighted by molar-refractivity contribution is 6.17. The van der Waals surface area contributed by atoms with Gasteiger partial charge in [0.05, 0.1) is 17.2 Å². The molecule has 0 amide bonds. The van der Waals surface area contributed by atoms with Gasteiger partial charge in [0, 0.05) is 5.56 Å². The van der Waals surface area contributed by atoms with Crippen LogP contribution in [0.15, 0.2) is 24.3 Å². The van der Waals surface area contributed by atoms with E-state index in [0.717, 1.165) is 6.07 Å². The number of carboxylic acids is 2. The van der Waals surface area contributed by atoms with E-state index in [-0.39, 0.29) is 16.7 Å². The lowest BCUT2D eigenvalue weighted by atomic mass is 9.89. The van der Waals surface area contributed by atoms with E-state index < -0.39 is 35.0 Å². The number of aliphatic hydroxyl groups excluding tert-OH is 1. The Morgan fingerprint density at radius 3 is 2.00 bits per heavy atom. The van der Waals surface area contributed by atoms with Crippen LogP contribution in [-0.2, 0) is 0 Å². The van der Waals surface area contributed by atoms with Crippen molar-refractivity contribution in [2.75, 3.05) is 0 Å². The summed E-state index contributed by atoms with van der Waals surface area (Å²) >= 11 is 0. The lowest BCUT2D eigenvalue weighted by Gasteiger charge is -2.15. The third kappa shape index (κ3) is 2.75. The average molecular weight is 278 g/mol. The molecule has 0 aromatic heterocycles. The van der Waals surface area contributed by atoms with Gasteiger partial charge < -0.3 is 15.3 Å². The van der Waals surface area contributed by atoms with Crippen LogP contribution >= 0.6 is 0 Å². The molecule has 6 heteroatoms. The van der Waals surface area contributed by atoms with Crippen molar-refractivity contribution >= 4 is 17.7 Å². The number of carbonyl (C=O) groups is 3. The zero-order valence-corrected chi connectivity index (χ0v) is 11.0. The summed E-state index contributed by atoms with van der Waals surface area (Å²) in [5.41, 5.74) is -1.37. The fraction of sp³-hybridized carbons (Fsp3) is 0.214. The summed E-state index contributed by atoms with van der Waals surface area (Å²) < 4.78 is 0. The zero-order valence-electron chi connectivity index (χ0n) is 11.0. The van der Waals surface area contributed by atoms with Crippen LogP contribution in [0.25, 0.3) is 0 Å². The summed E-state index contributed by atoms with van der Waals surface area (Å²) in [5.74, 6) is -3.72. The van der Waals surface area contributed by atoms with E-state index in [1.165, 1.54) is 19.9 Å². The maximum atomic E-state index is 12.1. The number of carbonyl (C=O) groups excluding carboxylic acids is 1. The highest BCUT2D eigenvalue weighted by Gasteiger charge is 2.28. The molecular formula is C14H14O6. The second-order valence-corrected chi connectivity index (χ2v) is 4.35. The molecule has 0 bridgehead atoms. The molecule has 0 aliphatic rings. The van der Waals surface area contributed by atoms with Gasteiger partial charge in [0.15, 0.2) is 5.78 Å². The van der Waals surface area contributed by atoms with Gasteiger partial charge in [-0.3, -0.25) is 4.79 Å². The fourth-order valence-electron chi connectivity index (χ4n) is 1.83. The number of hydrogen-bond acceptors (Lipinski definition) is 4.